The third kappa shape index (κ3) is 4.77. The lowest BCUT2D eigenvalue weighted by Crippen LogP contribution is -2.31. The van der Waals surface area contributed by atoms with Crippen molar-refractivity contribution in [3.05, 3.63) is 47.7 Å². The molecule has 8 nitrogen and oxygen atoms in total. The molecule has 158 valence electrons. The van der Waals surface area contributed by atoms with E-state index in [4.69, 9.17) is 0 Å². The molecule has 1 aliphatic rings. The number of anilines is 1. The predicted octanol–water partition coefficient (Wildman–Crippen LogP) is 2.30. The van der Waals surface area contributed by atoms with Crippen LogP contribution in [-0.2, 0) is 32.9 Å². The van der Waals surface area contributed by atoms with Crippen LogP contribution in [0.3, 0.4) is 0 Å². The Bertz CT molecular complexity index is 1060. The topological polar surface area (TPSA) is 108 Å². The van der Waals surface area contributed by atoms with Gasteiger partial charge in [0, 0.05) is 19.3 Å². The highest BCUT2D eigenvalue weighted by atomic mass is 32.2. The van der Waals surface area contributed by atoms with E-state index in [1.807, 2.05) is 6.07 Å². The number of hydrogen-bond donors (Lipinski definition) is 2. The number of aryl methyl sites for hydroxylation is 2. The average Bonchev–Trinajstić information content (AvgIpc) is 2.73. The Balaban J connectivity index is 1.71. The van der Waals surface area contributed by atoms with Crippen molar-refractivity contribution in [1.82, 2.24) is 14.1 Å². The molecule has 2 N–H and O–H groups in total. The smallest absolute Gasteiger partial charge is 0.257 e. The van der Waals surface area contributed by atoms with Crippen LogP contribution in [-0.4, -0.2) is 39.2 Å². The summed E-state index contributed by atoms with van der Waals surface area (Å²) in [5, 5.41) is 0. The van der Waals surface area contributed by atoms with E-state index in [0.29, 0.717) is 13.1 Å². The molecule has 1 aromatic carbocycles. The molecular weight excluding hydrogens is 412 g/mol. The standard InChI is InChI=1S/C19H26N4O4S2/c1-3-23(4-2)29(26,27)18-11-12-19(20-14-18)21-22-28(24,25)17-10-9-15-7-5-6-8-16(15)13-17/h9-14,22H,3-8H2,1-2H3,(H,20,21). The monoisotopic (exact) mass is 438 g/mol. The Morgan fingerprint density at radius 1 is 0.931 bits per heavy atom. The van der Waals surface area contributed by atoms with E-state index in [-0.39, 0.29) is 15.6 Å². The normalized spacial score (nSPS) is 14.6. The predicted molar refractivity (Wildman–Crippen MR) is 111 cm³/mol. The molecule has 29 heavy (non-hydrogen) atoms. The van der Waals surface area contributed by atoms with Gasteiger partial charge in [0.05, 0.1) is 4.90 Å². The van der Waals surface area contributed by atoms with Crippen molar-refractivity contribution in [3.63, 3.8) is 0 Å². The maximum Gasteiger partial charge on any atom is 0.257 e. The minimum Gasteiger partial charge on any atom is -0.292 e. The molecule has 0 radical (unpaired) electrons. The van der Waals surface area contributed by atoms with E-state index in [1.165, 1.54) is 28.2 Å². The van der Waals surface area contributed by atoms with Gasteiger partial charge in [-0.2, -0.15) is 4.31 Å². The lowest BCUT2D eigenvalue weighted by atomic mass is 9.92. The van der Waals surface area contributed by atoms with Crippen LogP contribution in [0.15, 0.2) is 46.3 Å². The zero-order chi connectivity index (χ0) is 21.1. The van der Waals surface area contributed by atoms with Crippen LogP contribution < -0.4 is 10.3 Å². The van der Waals surface area contributed by atoms with Crippen molar-refractivity contribution < 1.29 is 16.8 Å². The van der Waals surface area contributed by atoms with Crippen molar-refractivity contribution in [2.24, 2.45) is 0 Å². The number of hydrazine groups is 1. The van der Waals surface area contributed by atoms with Crippen molar-refractivity contribution in [2.75, 3.05) is 18.5 Å². The van der Waals surface area contributed by atoms with Gasteiger partial charge in [-0.1, -0.05) is 19.9 Å². The molecule has 1 heterocycles. The molecule has 3 rings (SSSR count). The summed E-state index contributed by atoms with van der Waals surface area (Å²) in [4.78, 5) is 6.57. The van der Waals surface area contributed by atoms with Gasteiger partial charge in [0.1, 0.15) is 10.7 Å². The Morgan fingerprint density at radius 3 is 2.21 bits per heavy atom. The van der Waals surface area contributed by atoms with Gasteiger partial charge < -0.3 is 0 Å². The SMILES string of the molecule is CCN(CC)S(=O)(=O)c1ccc(NNS(=O)(=O)c2ccc3c(c2)CCCC3)nc1. The van der Waals surface area contributed by atoms with E-state index >= 15 is 0 Å². The van der Waals surface area contributed by atoms with Crippen LogP contribution in [0.2, 0.25) is 0 Å². The first-order valence-corrected chi connectivity index (χ1v) is 12.6. The van der Waals surface area contributed by atoms with E-state index in [2.05, 4.69) is 15.2 Å². The minimum atomic E-state index is -3.78. The van der Waals surface area contributed by atoms with Gasteiger partial charge in [-0.3, -0.25) is 5.43 Å². The Kier molecular flexibility index (Phi) is 6.57. The number of aromatic nitrogens is 1. The van der Waals surface area contributed by atoms with Crippen molar-refractivity contribution in [1.29, 1.82) is 0 Å². The number of nitrogens with zero attached hydrogens (tertiary/aromatic N) is 2. The summed E-state index contributed by atoms with van der Waals surface area (Å²) < 4.78 is 51.4. The van der Waals surface area contributed by atoms with Gasteiger partial charge in [0.25, 0.3) is 10.0 Å². The number of rotatable bonds is 8. The van der Waals surface area contributed by atoms with Crippen LogP contribution in [0.4, 0.5) is 5.82 Å². The second-order valence-electron chi connectivity index (χ2n) is 6.84. The molecule has 0 saturated carbocycles. The third-order valence-corrected chi connectivity index (χ3v) is 8.30. The third-order valence-electron chi connectivity index (χ3n) is 5.02. The number of hydrogen-bond acceptors (Lipinski definition) is 6. The molecule has 0 spiro atoms. The number of benzene rings is 1. The zero-order valence-electron chi connectivity index (χ0n) is 16.6. The number of nitrogens with one attached hydrogen (secondary N) is 2. The number of fused-ring (bicyclic) bond motifs is 1. The van der Waals surface area contributed by atoms with E-state index < -0.39 is 20.0 Å². The summed E-state index contributed by atoms with van der Waals surface area (Å²) in [7, 11) is -7.39. The van der Waals surface area contributed by atoms with E-state index in [1.54, 1.807) is 26.0 Å². The summed E-state index contributed by atoms with van der Waals surface area (Å²) in [6.45, 7) is 4.25. The van der Waals surface area contributed by atoms with Crippen LogP contribution in [0.25, 0.3) is 0 Å². The Hall–Kier alpha value is -2.01. The maximum absolute atomic E-state index is 12.6. The van der Waals surface area contributed by atoms with Crippen molar-refractivity contribution in [2.45, 2.75) is 49.3 Å². The second kappa shape index (κ2) is 8.78. The fourth-order valence-corrected chi connectivity index (χ4v) is 5.68. The minimum absolute atomic E-state index is 0.0595. The van der Waals surface area contributed by atoms with E-state index in [0.717, 1.165) is 31.2 Å². The fourth-order valence-electron chi connectivity index (χ4n) is 3.37. The molecule has 10 heteroatoms. The molecule has 1 aliphatic carbocycles. The molecule has 0 aliphatic heterocycles. The highest BCUT2D eigenvalue weighted by Gasteiger charge is 2.22. The molecule has 1 aromatic heterocycles. The van der Waals surface area contributed by atoms with Crippen LogP contribution >= 0.6 is 0 Å². The fraction of sp³-hybridized carbons (Fsp3) is 0.421. The summed E-state index contributed by atoms with van der Waals surface area (Å²) in [5.74, 6) is 0.199. The van der Waals surface area contributed by atoms with Gasteiger partial charge in [-0.15, -0.1) is 4.83 Å². The second-order valence-corrected chi connectivity index (χ2v) is 10.5. The quantitative estimate of drug-likeness (QED) is 0.612. The van der Waals surface area contributed by atoms with Crippen molar-refractivity contribution in [3.8, 4) is 0 Å². The molecule has 0 saturated heterocycles. The van der Waals surface area contributed by atoms with Crippen LogP contribution in [0, 0.1) is 0 Å². The summed E-state index contributed by atoms with van der Waals surface area (Å²) in [6, 6.07) is 8.00. The van der Waals surface area contributed by atoms with Crippen LogP contribution in [0.5, 0.6) is 0 Å². The summed E-state index contributed by atoms with van der Waals surface area (Å²) in [5.41, 5.74) is 4.82. The first kappa shape index (κ1) is 21.7. The van der Waals surface area contributed by atoms with Crippen LogP contribution in [0.1, 0.15) is 37.8 Å². The molecule has 0 fully saturated rings. The van der Waals surface area contributed by atoms with Gasteiger partial charge in [-0.05, 0) is 61.1 Å². The summed E-state index contributed by atoms with van der Waals surface area (Å²) in [6.07, 6.45) is 5.27. The highest BCUT2D eigenvalue weighted by molar-refractivity contribution is 7.89. The molecule has 0 amide bonds. The number of pyridine rings is 1. The van der Waals surface area contributed by atoms with E-state index in [9.17, 15) is 16.8 Å². The first-order chi connectivity index (χ1) is 13.8. The molecule has 0 unspecified atom stereocenters. The average molecular weight is 439 g/mol. The summed E-state index contributed by atoms with van der Waals surface area (Å²) >= 11 is 0. The van der Waals surface area contributed by atoms with Crippen molar-refractivity contribution >= 4 is 25.9 Å². The highest BCUT2D eigenvalue weighted by Crippen LogP contribution is 2.24. The first-order valence-electron chi connectivity index (χ1n) is 9.63. The molecule has 2 aromatic rings. The molecule has 0 bridgehead atoms. The van der Waals surface area contributed by atoms with Gasteiger partial charge >= 0.3 is 0 Å². The largest absolute Gasteiger partial charge is 0.292 e. The Morgan fingerprint density at radius 2 is 1.59 bits per heavy atom. The number of sulfonamides is 2. The lowest BCUT2D eigenvalue weighted by molar-refractivity contribution is 0.445. The zero-order valence-corrected chi connectivity index (χ0v) is 18.2. The van der Waals surface area contributed by atoms with Gasteiger partial charge in [0.2, 0.25) is 10.0 Å². The Labute approximate surface area is 172 Å². The van der Waals surface area contributed by atoms with Gasteiger partial charge in [-0.25, -0.2) is 21.8 Å². The molecule has 0 atom stereocenters. The lowest BCUT2D eigenvalue weighted by Gasteiger charge is -2.18. The molecular formula is C19H26N4O4S2. The maximum atomic E-state index is 12.6. The van der Waals surface area contributed by atoms with Gasteiger partial charge in [0.15, 0.2) is 0 Å².